The topological polar surface area (TPSA) is 9.23 Å². The van der Waals surface area contributed by atoms with Gasteiger partial charge in [0.2, 0.25) is 0 Å². The predicted molar refractivity (Wildman–Crippen MR) is 71.9 cm³/mol. The Morgan fingerprint density at radius 3 is 2.41 bits per heavy atom. The lowest BCUT2D eigenvalue weighted by Gasteiger charge is -2.13. The Morgan fingerprint density at radius 2 is 1.76 bits per heavy atom. The van der Waals surface area contributed by atoms with Gasteiger partial charge in [0.25, 0.3) is 0 Å². The first-order valence-corrected chi connectivity index (χ1v) is 6.80. The van der Waals surface area contributed by atoms with E-state index in [0.717, 1.165) is 5.92 Å². The van der Waals surface area contributed by atoms with Crippen molar-refractivity contribution in [1.29, 1.82) is 0 Å². The second-order valence-corrected chi connectivity index (χ2v) is 4.52. The van der Waals surface area contributed by atoms with Gasteiger partial charge in [-0.15, -0.1) is 0 Å². The van der Waals surface area contributed by atoms with Crippen LogP contribution in [0.4, 0.5) is 0 Å². The zero-order chi connectivity index (χ0) is 12.1. The van der Waals surface area contributed by atoms with Gasteiger partial charge in [0.1, 0.15) is 0 Å². The second-order valence-electron chi connectivity index (χ2n) is 4.52. The highest BCUT2D eigenvalue weighted by atomic mass is 16.5. The Bertz CT molecular complexity index is 349. The maximum atomic E-state index is 6.06. The standard InChI is InChI=1S/C14H16O.C2H6/c1-2-4-12(5-3-1)14-9-8-13(15-14)10-11-6-7-11;1-2/h1-7,11,13-14H,8-10H2;1-2H3/t13-,14+;/m0./s1. The van der Waals surface area contributed by atoms with E-state index < -0.39 is 0 Å². The molecule has 0 N–H and O–H groups in total. The van der Waals surface area contributed by atoms with Crippen molar-refractivity contribution in [2.75, 3.05) is 0 Å². The third-order valence-corrected chi connectivity index (χ3v) is 3.28. The summed E-state index contributed by atoms with van der Waals surface area (Å²) in [7, 11) is 0. The molecule has 1 heteroatoms. The number of hydrogen-bond donors (Lipinski definition) is 0. The van der Waals surface area contributed by atoms with Crippen LogP contribution >= 0.6 is 0 Å². The molecule has 1 heterocycles. The third-order valence-electron chi connectivity index (χ3n) is 3.28. The molecule has 3 rings (SSSR count). The fourth-order valence-corrected chi connectivity index (χ4v) is 2.33. The lowest BCUT2D eigenvalue weighted by molar-refractivity contribution is 0.0381. The summed E-state index contributed by atoms with van der Waals surface area (Å²) in [4.78, 5) is 0. The van der Waals surface area contributed by atoms with Crippen molar-refractivity contribution in [3.8, 4) is 0 Å². The highest BCUT2D eigenvalue weighted by Gasteiger charge is 2.28. The molecule has 0 spiro atoms. The van der Waals surface area contributed by atoms with Crippen molar-refractivity contribution in [2.24, 2.45) is 5.92 Å². The Morgan fingerprint density at radius 1 is 1.06 bits per heavy atom. The van der Waals surface area contributed by atoms with Gasteiger partial charge in [-0.2, -0.15) is 0 Å². The van der Waals surface area contributed by atoms with E-state index in [0.29, 0.717) is 12.2 Å². The molecule has 1 aromatic rings. The van der Waals surface area contributed by atoms with Gasteiger partial charge in [-0.3, -0.25) is 0 Å². The molecule has 92 valence electrons. The molecule has 0 saturated carbocycles. The molecule has 1 aliphatic carbocycles. The lowest BCUT2D eigenvalue weighted by Crippen LogP contribution is -2.07. The zero-order valence-corrected chi connectivity index (χ0v) is 10.8. The normalized spacial score (nSPS) is 26.5. The first-order valence-electron chi connectivity index (χ1n) is 6.80. The molecule has 1 saturated heterocycles. The molecule has 1 aliphatic heterocycles. The van der Waals surface area contributed by atoms with Gasteiger partial charge in [-0.1, -0.05) is 56.3 Å². The van der Waals surface area contributed by atoms with Gasteiger partial charge >= 0.3 is 0 Å². The van der Waals surface area contributed by atoms with Crippen LogP contribution in [0.3, 0.4) is 0 Å². The molecule has 0 aromatic heterocycles. The van der Waals surface area contributed by atoms with Crippen LogP contribution in [0.2, 0.25) is 0 Å². The molecular formula is C16H22O. The molecule has 1 aromatic carbocycles. The average molecular weight is 230 g/mol. The average Bonchev–Trinajstić information content (AvgIpc) is 3.09. The Hall–Kier alpha value is -1.08. The maximum Gasteiger partial charge on any atom is 0.0829 e. The number of rotatable bonds is 3. The molecule has 1 nitrogen and oxygen atoms in total. The van der Waals surface area contributed by atoms with Gasteiger partial charge in [-0.25, -0.2) is 0 Å². The minimum atomic E-state index is 0.343. The van der Waals surface area contributed by atoms with Crippen LogP contribution in [0.5, 0.6) is 0 Å². The minimum Gasteiger partial charge on any atom is -0.370 e. The summed E-state index contributed by atoms with van der Waals surface area (Å²) >= 11 is 0. The van der Waals surface area contributed by atoms with E-state index in [1.807, 2.05) is 13.8 Å². The van der Waals surface area contributed by atoms with E-state index in [-0.39, 0.29) is 0 Å². The van der Waals surface area contributed by atoms with Crippen molar-refractivity contribution >= 4 is 0 Å². The number of ether oxygens (including phenoxy) is 1. The van der Waals surface area contributed by atoms with Crippen LogP contribution in [0.25, 0.3) is 0 Å². The quantitative estimate of drug-likeness (QED) is 0.694. The number of allylic oxidation sites excluding steroid dienone is 2. The Labute approximate surface area is 104 Å². The van der Waals surface area contributed by atoms with Gasteiger partial charge in [0, 0.05) is 0 Å². The van der Waals surface area contributed by atoms with Crippen molar-refractivity contribution < 1.29 is 4.74 Å². The molecule has 1 fully saturated rings. The van der Waals surface area contributed by atoms with Gasteiger partial charge in [0.05, 0.1) is 12.2 Å². The van der Waals surface area contributed by atoms with Crippen molar-refractivity contribution in [3.63, 3.8) is 0 Å². The summed E-state index contributed by atoms with van der Waals surface area (Å²) in [5.74, 6) is 0.740. The highest BCUT2D eigenvalue weighted by Crippen LogP contribution is 2.37. The summed E-state index contributed by atoms with van der Waals surface area (Å²) < 4.78 is 6.06. The molecule has 2 atom stereocenters. The second kappa shape index (κ2) is 6.02. The first kappa shape index (κ1) is 12.4. The summed E-state index contributed by atoms with van der Waals surface area (Å²) in [6, 6.07) is 10.6. The van der Waals surface area contributed by atoms with Crippen molar-refractivity contribution in [1.82, 2.24) is 0 Å². The number of hydrogen-bond acceptors (Lipinski definition) is 1. The smallest absolute Gasteiger partial charge is 0.0829 e. The van der Waals surface area contributed by atoms with Gasteiger partial charge in [-0.05, 0) is 30.7 Å². The fraction of sp³-hybridized carbons (Fsp3) is 0.500. The summed E-state index contributed by atoms with van der Waals surface area (Å²) in [6.07, 6.45) is 8.95. The van der Waals surface area contributed by atoms with E-state index >= 15 is 0 Å². The molecule has 0 radical (unpaired) electrons. The highest BCUT2D eigenvalue weighted by molar-refractivity contribution is 5.19. The summed E-state index contributed by atoms with van der Waals surface area (Å²) in [6.45, 7) is 4.00. The molecular weight excluding hydrogens is 208 g/mol. The van der Waals surface area contributed by atoms with Crippen LogP contribution in [0.15, 0.2) is 42.5 Å². The number of benzene rings is 1. The van der Waals surface area contributed by atoms with E-state index in [1.54, 1.807) is 0 Å². The predicted octanol–water partition coefficient (Wildman–Crippen LogP) is 4.51. The molecule has 0 bridgehead atoms. The summed E-state index contributed by atoms with van der Waals surface area (Å²) in [5.41, 5.74) is 1.34. The third kappa shape index (κ3) is 3.44. The minimum absolute atomic E-state index is 0.343. The molecule has 0 unspecified atom stereocenters. The fourth-order valence-electron chi connectivity index (χ4n) is 2.33. The van der Waals surface area contributed by atoms with Crippen molar-refractivity contribution in [3.05, 3.63) is 48.0 Å². The monoisotopic (exact) mass is 230 g/mol. The van der Waals surface area contributed by atoms with E-state index in [1.165, 1.54) is 24.8 Å². The van der Waals surface area contributed by atoms with Crippen LogP contribution in [-0.4, -0.2) is 6.10 Å². The van der Waals surface area contributed by atoms with E-state index in [9.17, 15) is 0 Å². The van der Waals surface area contributed by atoms with Crippen LogP contribution < -0.4 is 0 Å². The van der Waals surface area contributed by atoms with Gasteiger partial charge in [0.15, 0.2) is 0 Å². The molecule has 2 aliphatic rings. The first-order chi connectivity index (χ1) is 8.42. The largest absolute Gasteiger partial charge is 0.370 e. The van der Waals surface area contributed by atoms with Crippen molar-refractivity contribution in [2.45, 2.75) is 45.3 Å². The Kier molecular flexibility index (Phi) is 4.38. The van der Waals surface area contributed by atoms with E-state index in [2.05, 4.69) is 42.5 Å². The van der Waals surface area contributed by atoms with E-state index in [4.69, 9.17) is 4.74 Å². The summed E-state index contributed by atoms with van der Waals surface area (Å²) in [5, 5.41) is 0. The lowest BCUT2D eigenvalue weighted by atomic mass is 10.0. The van der Waals surface area contributed by atoms with Crippen LogP contribution in [0.1, 0.15) is 44.8 Å². The molecule has 17 heavy (non-hydrogen) atoms. The van der Waals surface area contributed by atoms with Crippen LogP contribution in [0, 0.1) is 5.92 Å². The Balaban J connectivity index is 0.000000514. The zero-order valence-electron chi connectivity index (χ0n) is 10.8. The molecule has 0 amide bonds. The SMILES string of the molecule is C1=CC1C[C@@H]1CC[C@H](c2ccccc2)O1.CC. The van der Waals surface area contributed by atoms with Crippen LogP contribution in [-0.2, 0) is 4.74 Å². The van der Waals surface area contributed by atoms with Gasteiger partial charge < -0.3 is 4.74 Å². The maximum absolute atomic E-state index is 6.06.